The second-order valence-electron chi connectivity index (χ2n) is 5.85. The van der Waals surface area contributed by atoms with Gasteiger partial charge < -0.3 is 9.26 Å². The molecule has 0 radical (unpaired) electrons. The Hall–Kier alpha value is -1.72. The lowest BCUT2D eigenvalue weighted by molar-refractivity contribution is -0.0387. The van der Waals surface area contributed by atoms with Crippen LogP contribution < -0.4 is 0 Å². The largest absolute Gasteiger partial charge is 0.367 e. The quantitative estimate of drug-likeness (QED) is 0.866. The molecule has 110 valence electrons. The van der Waals surface area contributed by atoms with Crippen molar-refractivity contribution in [1.82, 2.24) is 15.0 Å². The predicted molar refractivity (Wildman–Crippen MR) is 76.9 cm³/mol. The summed E-state index contributed by atoms with van der Waals surface area (Å²) in [6.07, 6.45) is 1.18. The Labute approximate surface area is 123 Å². The molecule has 0 spiro atoms. The molecular weight excluding hydrogens is 266 g/mol. The van der Waals surface area contributed by atoms with Crippen LogP contribution in [-0.2, 0) is 4.74 Å². The highest BCUT2D eigenvalue weighted by Crippen LogP contribution is 2.45. The molecular formula is C16H19N3O2. The minimum Gasteiger partial charge on any atom is -0.367 e. The summed E-state index contributed by atoms with van der Waals surface area (Å²) in [5.74, 6) is 1.94. The summed E-state index contributed by atoms with van der Waals surface area (Å²) in [5.41, 5.74) is 1.45. The first-order valence-corrected chi connectivity index (χ1v) is 7.52. The third-order valence-electron chi connectivity index (χ3n) is 4.38. The molecule has 5 heteroatoms. The molecule has 3 atom stereocenters. The molecule has 2 heterocycles. The summed E-state index contributed by atoms with van der Waals surface area (Å²) in [6.45, 7) is 4.38. The van der Waals surface area contributed by atoms with E-state index in [-0.39, 0.29) is 6.10 Å². The van der Waals surface area contributed by atoms with Crippen LogP contribution in [0, 0.1) is 6.92 Å². The van der Waals surface area contributed by atoms with Gasteiger partial charge in [0.2, 0.25) is 11.7 Å². The van der Waals surface area contributed by atoms with Crippen molar-refractivity contribution in [2.75, 3.05) is 19.7 Å². The molecule has 2 fully saturated rings. The average molecular weight is 285 g/mol. The number of benzene rings is 1. The first kappa shape index (κ1) is 13.0. The number of aromatic nitrogens is 2. The second kappa shape index (κ2) is 5.24. The molecule has 0 amide bonds. The van der Waals surface area contributed by atoms with Gasteiger partial charge in [0.15, 0.2) is 0 Å². The lowest BCUT2D eigenvalue weighted by atomic mass is 10.1. The van der Waals surface area contributed by atoms with Gasteiger partial charge >= 0.3 is 0 Å². The number of rotatable bonds is 3. The van der Waals surface area contributed by atoms with Gasteiger partial charge in [-0.3, -0.25) is 4.90 Å². The van der Waals surface area contributed by atoms with Gasteiger partial charge in [-0.05, 0) is 12.0 Å². The Balaban J connectivity index is 1.43. The lowest BCUT2D eigenvalue weighted by Crippen LogP contribution is -2.40. The van der Waals surface area contributed by atoms with E-state index in [9.17, 15) is 0 Å². The SMILES string of the molecule is Cc1nc(C2CN(C3CC3c3ccccc3)CCO2)no1. The average Bonchev–Trinajstić information content (AvgIpc) is 3.23. The van der Waals surface area contributed by atoms with Crippen LogP contribution in [0.1, 0.15) is 35.7 Å². The van der Waals surface area contributed by atoms with Crippen LogP contribution in [0.2, 0.25) is 0 Å². The monoisotopic (exact) mass is 285 g/mol. The number of morpholine rings is 1. The number of aryl methyl sites for hydroxylation is 1. The normalized spacial score (nSPS) is 29.5. The molecule has 5 nitrogen and oxygen atoms in total. The van der Waals surface area contributed by atoms with Gasteiger partial charge in [0.05, 0.1) is 6.61 Å². The fourth-order valence-corrected chi connectivity index (χ4v) is 3.22. The maximum Gasteiger partial charge on any atom is 0.223 e. The van der Waals surface area contributed by atoms with Crippen LogP contribution in [-0.4, -0.2) is 40.8 Å². The maximum absolute atomic E-state index is 5.80. The van der Waals surface area contributed by atoms with Gasteiger partial charge in [0, 0.05) is 32.0 Å². The fraction of sp³-hybridized carbons (Fsp3) is 0.500. The molecule has 1 aliphatic heterocycles. The van der Waals surface area contributed by atoms with Crippen molar-refractivity contribution in [3.8, 4) is 0 Å². The highest BCUT2D eigenvalue weighted by atomic mass is 16.5. The minimum absolute atomic E-state index is 0.0618. The first-order valence-electron chi connectivity index (χ1n) is 7.52. The summed E-state index contributed by atoms with van der Waals surface area (Å²) in [4.78, 5) is 6.81. The summed E-state index contributed by atoms with van der Waals surface area (Å²) in [5, 5.41) is 3.99. The number of hydrogen-bond donors (Lipinski definition) is 0. The van der Waals surface area contributed by atoms with Crippen molar-refractivity contribution >= 4 is 0 Å². The van der Waals surface area contributed by atoms with Crippen molar-refractivity contribution in [3.63, 3.8) is 0 Å². The van der Waals surface area contributed by atoms with E-state index in [1.165, 1.54) is 12.0 Å². The van der Waals surface area contributed by atoms with E-state index in [2.05, 4.69) is 45.4 Å². The molecule has 0 bridgehead atoms. The Bertz CT molecular complexity index is 613. The van der Waals surface area contributed by atoms with Gasteiger partial charge in [0.1, 0.15) is 6.10 Å². The predicted octanol–water partition coefficient (Wildman–Crippen LogP) is 2.31. The molecule has 2 aromatic rings. The molecule has 4 rings (SSSR count). The van der Waals surface area contributed by atoms with E-state index in [0.717, 1.165) is 19.7 Å². The molecule has 1 aromatic heterocycles. The second-order valence-corrected chi connectivity index (χ2v) is 5.85. The molecule has 3 unspecified atom stereocenters. The molecule has 21 heavy (non-hydrogen) atoms. The van der Waals surface area contributed by atoms with Crippen LogP contribution in [0.5, 0.6) is 0 Å². The Kier molecular flexibility index (Phi) is 3.24. The summed E-state index contributed by atoms with van der Waals surface area (Å²) in [7, 11) is 0. The Morgan fingerprint density at radius 1 is 1.24 bits per heavy atom. The Morgan fingerprint density at radius 3 is 2.86 bits per heavy atom. The molecule has 1 aromatic carbocycles. The highest BCUT2D eigenvalue weighted by molar-refractivity contribution is 5.28. The van der Waals surface area contributed by atoms with E-state index in [4.69, 9.17) is 9.26 Å². The van der Waals surface area contributed by atoms with Crippen LogP contribution in [0.3, 0.4) is 0 Å². The van der Waals surface area contributed by atoms with Crippen molar-refractivity contribution in [1.29, 1.82) is 0 Å². The zero-order valence-electron chi connectivity index (χ0n) is 12.1. The summed E-state index contributed by atoms with van der Waals surface area (Å²) >= 11 is 0. The van der Waals surface area contributed by atoms with E-state index in [0.29, 0.717) is 23.7 Å². The maximum atomic E-state index is 5.80. The van der Waals surface area contributed by atoms with Crippen molar-refractivity contribution in [3.05, 3.63) is 47.6 Å². The van der Waals surface area contributed by atoms with Crippen molar-refractivity contribution < 1.29 is 9.26 Å². The summed E-state index contributed by atoms with van der Waals surface area (Å²) in [6, 6.07) is 11.4. The standard InChI is InChI=1S/C16H19N3O2/c1-11-17-16(18-21-11)15-10-19(7-8-20-15)14-9-13(14)12-5-3-2-4-6-12/h2-6,13-15H,7-10H2,1H3. The Morgan fingerprint density at radius 2 is 2.10 bits per heavy atom. The van der Waals surface area contributed by atoms with Crippen LogP contribution in [0.25, 0.3) is 0 Å². The number of ether oxygens (including phenoxy) is 1. The van der Waals surface area contributed by atoms with Gasteiger partial charge in [-0.2, -0.15) is 4.98 Å². The van der Waals surface area contributed by atoms with E-state index in [1.54, 1.807) is 0 Å². The lowest BCUT2D eigenvalue weighted by Gasteiger charge is -2.31. The summed E-state index contributed by atoms with van der Waals surface area (Å²) < 4.78 is 10.9. The minimum atomic E-state index is -0.0618. The zero-order chi connectivity index (χ0) is 14.2. The van der Waals surface area contributed by atoms with Crippen molar-refractivity contribution in [2.45, 2.75) is 31.4 Å². The molecule has 2 aliphatic rings. The van der Waals surface area contributed by atoms with Gasteiger partial charge in [-0.15, -0.1) is 0 Å². The number of hydrogen-bond acceptors (Lipinski definition) is 5. The smallest absolute Gasteiger partial charge is 0.223 e. The van der Waals surface area contributed by atoms with Crippen LogP contribution >= 0.6 is 0 Å². The van der Waals surface area contributed by atoms with Crippen molar-refractivity contribution in [2.24, 2.45) is 0 Å². The topological polar surface area (TPSA) is 51.4 Å². The van der Waals surface area contributed by atoms with Gasteiger partial charge in [-0.1, -0.05) is 35.5 Å². The molecule has 1 aliphatic carbocycles. The van der Waals surface area contributed by atoms with Crippen LogP contribution in [0.15, 0.2) is 34.9 Å². The van der Waals surface area contributed by atoms with E-state index < -0.39 is 0 Å². The first-order chi connectivity index (χ1) is 10.3. The third-order valence-corrected chi connectivity index (χ3v) is 4.38. The highest BCUT2D eigenvalue weighted by Gasteiger charge is 2.44. The number of nitrogens with zero attached hydrogens (tertiary/aromatic N) is 3. The fourth-order valence-electron chi connectivity index (χ4n) is 3.22. The van der Waals surface area contributed by atoms with Gasteiger partial charge in [-0.25, -0.2) is 0 Å². The third kappa shape index (κ3) is 2.59. The zero-order valence-corrected chi connectivity index (χ0v) is 12.1. The van der Waals surface area contributed by atoms with Gasteiger partial charge in [0.25, 0.3) is 0 Å². The van der Waals surface area contributed by atoms with E-state index in [1.807, 2.05) is 6.92 Å². The molecule has 1 saturated carbocycles. The van der Waals surface area contributed by atoms with Crippen LogP contribution in [0.4, 0.5) is 0 Å². The molecule has 1 saturated heterocycles. The molecule has 0 N–H and O–H groups in total. The van der Waals surface area contributed by atoms with E-state index >= 15 is 0 Å².